The Morgan fingerprint density at radius 3 is 2.27 bits per heavy atom. The summed E-state index contributed by atoms with van der Waals surface area (Å²) in [7, 11) is 1.28. The molecule has 0 aliphatic rings. The molecule has 0 radical (unpaired) electrons. The predicted molar refractivity (Wildman–Crippen MR) is 155 cm³/mol. The number of carbonyl (C=O) groups is 2. The first kappa shape index (κ1) is 27.2. The highest BCUT2D eigenvalue weighted by atomic mass is 35.5. The first-order chi connectivity index (χ1) is 19.4. The molecule has 0 spiro atoms. The fourth-order valence-electron chi connectivity index (χ4n) is 4.23. The van der Waals surface area contributed by atoms with Crippen LogP contribution in [0.2, 0.25) is 10.2 Å². The molecule has 1 N–H and O–H groups in total. The highest BCUT2D eigenvalue weighted by Crippen LogP contribution is 2.26. The number of hydrogen-bond donors (Lipinski definition) is 1. The Balaban J connectivity index is 1.29. The molecule has 0 aliphatic heterocycles. The van der Waals surface area contributed by atoms with Crippen molar-refractivity contribution in [2.24, 2.45) is 0 Å². The summed E-state index contributed by atoms with van der Waals surface area (Å²) in [6.07, 6.45) is 2.01. The molecule has 0 saturated heterocycles. The van der Waals surface area contributed by atoms with Crippen LogP contribution in [-0.4, -0.2) is 34.4 Å². The molecule has 3 aromatic carbocycles. The number of rotatable bonds is 9. The van der Waals surface area contributed by atoms with Gasteiger partial charge in [0, 0.05) is 17.6 Å². The van der Waals surface area contributed by atoms with Gasteiger partial charge in [0.25, 0.3) is 5.91 Å². The molecule has 1 amide bonds. The molecule has 0 fully saturated rings. The third-order valence-electron chi connectivity index (χ3n) is 6.36. The van der Waals surface area contributed by atoms with Gasteiger partial charge in [-0.3, -0.25) is 9.20 Å². The van der Waals surface area contributed by atoms with Gasteiger partial charge in [0.05, 0.1) is 7.11 Å². The first-order valence-corrected chi connectivity index (χ1v) is 13.2. The minimum absolute atomic E-state index is 0.00786. The average molecular weight is 574 g/mol. The van der Waals surface area contributed by atoms with Crippen molar-refractivity contribution in [2.45, 2.75) is 19.1 Å². The average Bonchev–Trinajstić information content (AvgIpc) is 3.32. The molecule has 5 aromatic rings. The van der Waals surface area contributed by atoms with E-state index >= 15 is 0 Å². The Morgan fingerprint density at radius 1 is 0.875 bits per heavy atom. The van der Waals surface area contributed by atoms with Crippen LogP contribution >= 0.6 is 23.2 Å². The summed E-state index contributed by atoms with van der Waals surface area (Å²) in [6, 6.07) is 27.3. The predicted octanol–water partition coefficient (Wildman–Crippen LogP) is 6.40. The third kappa shape index (κ3) is 6.28. The second-order valence-corrected chi connectivity index (χ2v) is 9.87. The molecule has 5 rings (SSSR count). The van der Waals surface area contributed by atoms with E-state index in [0.29, 0.717) is 23.0 Å². The second-order valence-electron chi connectivity index (χ2n) is 9.08. The van der Waals surface area contributed by atoms with Gasteiger partial charge >= 0.3 is 5.97 Å². The van der Waals surface area contributed by atoms with E-state index in [4.69, 9.17) is 32.7 Å². The van der Waals surface area contributed by atoms with Gasteiger partial charge in [-0.05, 0) is 58.7 Å². The normalized spacial score (nSPS) is 11.7. The SMILES string of the molecule is COC(=O)[C@H](Cc1ccc(OCc2ccccc2)cc1)NC(=O)c1nc2ccc(-c3ccc(Cl)cc3)cn2c1Cl. The topological polar surface area (TPSA) is 81.9 Å². The van der Waals surface area contributed by atoms with Gasteiger partial charge in [-0.2, -0.15) is 0 Å². The molecule has 0 unspecified atom stereocenters. The van der Waals surface area contributed by atoms with Crippen molar-refractivity contribution in [1.29, 1.82) is 0 Å². The maximum atomic E-state index is 13.2. The number of benzene rings is 3. The summed E-state index contributed by atoms with van der Waals surface area (Å²) in [6.45, 7) is 0.446. The van der Waals surface area contributed by atoms with Crippen molar-refractivity contribution < 1.29 is 19.1 Å². The van der Waals surface area contributed by atoms with Gasteiger partial charge < -0.3 is 14.8 Å². The van der Waals surface area contributed by atoms with Crippen LogP contribution in [0, 0.1) is 0 Å². The molecule has 0 bridgehead atoms. The van der Waals surface area contributed by atoms with E-state index in [1.807, 2.05) is 72.8 Å². The van der Waals surface area contributed by atoms with Crippen LogP contribution in [0.5, 0.6) is 5.75 Å². The summed E-state index contributed by atoms with van der Waals surface area (Å²) in [5, 5.41) is 3.50. The van der Waals surface area contributed by atoms with Crippen LogP contribution in [0.4, 0.5) is 0 Å². The van der Waals surface area contributed by atoms with Gasteiger partial charge in [0.15, 0.2) is 5.69 Å². The largest absolute Gasteiger partial charge is 0.489 e. The number of methoxy groups -OCH3 is 1. The van der Waals surface area contributed by atoms with Gasteiger partial charge in [-0.25, -0.2) is 9.78 Å². The third-order valence-corrected chi connectivity index (χ3v) is 6.97. The lowest BCUT2D eigenvalue weighted by Crippen LogP contribution is -2.43. The second kappa shape index (κ2) is 12.2. The highest BCUT2D eigenvalue weighted by Gasteiger charge is 2.26. The number of imidazole rings is 1. The molecule has 0 saturated carbocycles. The summed E-state index contributed by atoms with van der Waals surface area (Å²) in [4.78, 5) is 30.2. The van der Waals surface area contributed by atoms with E-state index in [2.05, 4.69) is 10.3 Å². The van der Waals surface area contributed by atoms with Gasteiger partial charge in [0.1, 0.15) is 29.2 Å². The lowest BCUT2D eigenvalue weighted by molar-refractivity contribution is -0.142. The fourth-order valence-corrected chi connectivity index (χ4v) is 4.62. The number of ether oxygens (including phenoxy) is 2. The Labute approximate surface area is 241 Å². The van der Waals surface area contributed by atoms with Crippen molar-refractivity contribution in [3.8, 4) is 16.9 Å². The summed E-state index contributed by atoms with van der Waals surface area (Å²) >= 11 is 12.6. The molecule has 2 aromatic heterocycles. The fraction of sp³-hybridized carbons (Fsp3) is 0.129. The molecule has 1 atom stereocenters. The zero-order valence-corrected chi connectivity index (χ0v) is 23.0. The number of nitrogens with one attached hydrogen (secondary N) is 1. The molecular weight excluding hydrogens is 549 g/mol. The van der Waals surface area contributed by atoms with Crippen LogP contribution in [-0.2, 0) is 22.6 Å². The lowest BCUT2D eigenvalue weighted by Gasteiger charge is -2.16. The van der Waals surface area contributed by atoms with E-state index in [1.54, 1.807) is 28.8 Å². The Kier molecular flexibility index (Phi) is 8.34. The number of pyridine rings is 1. The van der Waals surface area contributed by atoms with Crippen LogP contribution in [0.25, 0.3) is 16.8 Å². The van der Waals surface area contributed by atoms with Crippen molar-refractivity contribution in [3.63, 3.8) is 0 Å². The molecule has 0 aliphatic carbocycles. The Hall–Kier alpha value is -4.33. The monoisotopic (exact) mass is 573 g/mol. The summed E-state index contributed by atoms with van der Waals surface area (Å²) < 4.78 is 12.4. The van der Waals surface area contributed by atoms with Crippen molar-refractivity contribution >= 4 is 40.7 Å². The van der Waals surface area contributed by atoms with E-state index in [1.165, 1.54) is 7.11 Å². The van der Waals surface area contributed by atoms with Crippen LogP contribution in [0.1, 0.15) is 21.6 Å². The van der Waals surface area contributed by atoms with Gasteiger partial charge in [0.2, 0.25) is 0 Å². The zero-order valence-electron chi connectivity index (χ0n) is 21.5. The number of hydrogen-bond acceptors (Lipinski definition) is 5. The molecule has 202 valence electrons. The number of halogens is 2. The number of esters is 1. The molecule has 40 heavy (non-hydrogen) atoms. The van der Waals surface area contributed by atoms with E-state index in [9.17, 15) is 9.59 Å². The maximum Gasteiger partial charge on any atom is 0.328 e. The summed E-state index contributed by atoms with van der Waals surface area (Å²) in [5.41, 5.74) is 4.19. The molecule has 7 nitrogen and oxygen atoms in total. The maximum absolute atomic E-state index is 13.2. The van der Waals surface area contributed by atoms with Gasteiger partial charge in [-0.15, -0.1) is 0 Å². The van der Waals surface area contributed by atoms with Crippen molar-refractivity contribution in [2.75, 3.05) is 7.11 Å². The smallest absolute Gasteiger partial charge is 0.328 e. The number of aromatic nitrogens is 2. The van der Waals surface area contributed by atoms with Gasteiger partial charge in [-0.1, -0.05) is 77.8 Å². The minimum Gasteiger partial charge on any atom is -0.489 e. The quantitative estimate of drug-likeness (QED) is 0.206. The molecular formula is C31H25Cl2N3O4. The molecule has 2 heterocycles. The molecule has 9 heteroatoms. The van der Waals surface area contributed by atoms with Crippen LogP contribution in [0.3, 0.4) is 0 Å². The van der Waals surface area contributed by atoms with E-state index in [-0.39, 0.29) is 17.3 Å². The zero-order chi connectivity index (χ0) is 28.1. The van der Waals surface area contributed by atoms with Crippen molar-refractivity contribution in [1.82, 2.24) is 14.7 Å². The minimum atomic E-state index is -0.945. The standard InChI is InChI=1S/C31H25Cl2N3O4/c1-39-31(38)26(17-20-7-14-25(15-8-20)40-19-21-5-3-2-4-6-21)34-30(37)28-29(33)36-18-23(11-16-27(36)35-28)22-9-12-24(32)13-10-22/h2-16,18,26H,17,19H2,1H3,(H,34,37)/t26-/m0/s1. The summed E-state index contributed by atoms with van der Waals surface area (Å²) in [5.74, 6) is -0.469. The van der Waals surface area contributed by atoms with Crippen molar-refractivity contribution in [3.05, 3.63) is 124 Å². The Morgan fingerprint density at radius 2 is 1.57 bits per heavy atom. The van der Waals surface area contributed by atoms with E-state index < -0.39 is 17.9 Å². The Bertz CT molecular complexity index is 1640. The van der Waals surface area contributed by atoms with Crippen LogP contribution < -0.4 is 10.1 Å². The lowest BCUT2D eigenvalue weighted by atomic mass is 10.1. The van der Waals surface area contributed by atoms with Crippen LogP contribution in [0.15, 0.2) is 97.2 Å². The number of nitrogens with zero attached hydrogens (tertiary/aromatic N) is 2. The number of amides is 1. The number of fused-ring (bicyclic) bond motifs is 1. The number of carbonyl (C=O) groups excluding carboxylic acids is 2. The van der Waals surface area contributed by atoms with E-state index in [0.717, 1.165) is 22.3 Å². The first-order valence-electron chi connectivity index (χ1n) is 12.5. The highest BCUT2D eigenvalue weighted by molar-refractivity contribution is 6.33.